The quantitative estimate of drug-likeness (QED) is 0.812. The second-order valence-electron chi connectivity index (χ2n) is 3.80. The minimum atomic E-state index is -4.66. The Kier molecular flexibility index (Phi) is 4.44. The normalized spacial score (nSPS) is 11.2. The van der Waals surface area contributed by atoms with Gasteiger partial charge >= 0.3 is 6.36 Å². The highest BCUT2D eigenvalue weighted by Gasteiger charge is 2.30. The second-order valence-corrected chi connectivity index (χ2v) is 4.94. The molecule has 2 aromatic rings. The van der Waals surface area contributed by atoms with E-state index in [0.717, 1.165) is 15.5 Å². The van der Waals surface area contributed by atoms with Crippen molar-refractivity contribution in [3.63, 3.8) is 0 Å². The molecule has 20 heavy (non-hydrogen) atoms. The molecule has 0 aliphatic rings. The molecule has 2 nitrogen and oxygen atoms in total. The molecule has 0 heterocycles. The van der Waals surface area contributed by atoms with Gasteiger partial charge in [0.1, 0.15) is 11.5 Å². The van der Waals surface area contributed by atoms with Crippen LogP contribution in [0.15, 0.2) is 58.3 Å². The van der Waals surface area contributed by atoms with Crippen LogP contribution < -0.4 is 9.47 Å². The molecule has 0 spiro atoms. The largest absolute Gasteiger partial charge is 0.573 e. The average molecular weight is 300 g/mol. The zero-order chi connectivity index (χ0) is 14.6. The van der Waals surface area contributed by atoms with Gasteiger partial charge in [0.05, 0.1) is 7.11 Å². The van der Waals surface area contributed by atoms with Crippen molar-refractivity contribution < 1.29 is 22.6 Å². The monoisotopic (exact) mass is 300 g/mol. The molecule has 0 bridgehead atoms. The summed E-state index contributed by atoms with van der Waals surface area (Å²) in [6.45, 7) is 0. The summed E-state index contributed by atoms with van der Waals surface area (Å²) in [6, 6.07) is 13.1. The highest BCUT2D eigenvalue weighted by atomic mass is 32.2. The number of halogens is 3. The molecular formula is C14H11F3O2S. The summed E-state index contributed by atoms with van der Waals surface area (Å²) in [4.78, 5) is 1.79. The number of hydrogen-bond acceptors (Lipinski definition) is 3. The van der Waals surface area contributed by atoms with Crippen molar-refractivity contribution in [3.05, 3.63) is 48.5 Å². The first-order chi connectivity index (χ1) is 9.46. The second kappa shape index (κ2) is 6.09. The van der Waals surface area contributed by atoms with Crippen molar-refractivity contribution in [3.8, 4) is 11.5 Å². The van der Waals surface area contributed by atoms with E-state index < -0.39 is 6.36 Å². The van der Waals surface area contributed by atoms with E-state index in [1.54, 1.807) is 19.2 Å². The lowest BCUT2D eigenvalue weighted by Crippen LogP contribution is -2.16. The van der Waals surface area contributed by atoms with Crippen LogP contribution in [0.2, 0.25) is 0 Å². The van der Waals surface area contributed by atoms with Gasteiger partial charge in [-0.25, -0.2) is 0 Å². The van der Waals surface area contributed by atoms with Crippen molar-refractivity contribution in [2.45, 2.75) is 16.2 Å². The highest BCUT2D eigenvalue weighted by molar-refractivity contribution is 7.99. The van der Waals surface area contributed by atoms with E-state index >= 15 is 0 Å². The van der Waals surface area contributed by atoms with Crippen LogP contribution in [0.25, 0.3) is 0 Å². The summed E-state index contributed by atoms with van der Waals surface area (Å²) in [7, 11) is 1.58. The molecule has 6 heteroatoms. The molecule has 0 aliphatic heterocycles. The van der Waals surface area contributed by atoms with Crippen LogP contribution in [0.3, 0.4) is 0 Å². The summed E-state index contributed by atoms with van der Waals surface area (Å²) in [5.74, 6) is 0.528. The lowest BCUT2D eigenvalue weighted by atomic mass is 10.3. The van der Waals surface area contributed by atoms with Gasteiger partial charge in [-0.15, -0.1) is 13.2 Å². The summed E-state index contributed by atoms with van der Waals surface area (Å²) in [5.41, 5.74) is 0. The zero-order valence-electron chi connectivity index (χ0n) is 10.5. The van der Waals surface area contributed by atoms with Crippen molar-refractivity contribution in [2.24, 2.45) is 0 Å². The third-order valence-electron chi connectivity index (χ3n) is 2.35. The minimum Gasteiger partial charge on any atom is -0.497 e. The Morgan fingerprint density at radius 2 is 1.25 bits per heavy atom. The van der Waals surface area contributed by atoms with E-state index in [1.165, 1.54) is 23.9 Å². The van der Waals surface area contributed by atoms with Crippen LogP contribution in [-0.2, 0) is 0 Å². The van der Waals surface area contributed by atoms with E-state index in [0.29, 0.717) is 0 Å². The van der Waals surface area contributed by atoms with Gasteiger partial charge in [0.25, 0.3) is 0 Å². The zero-order valence-corrected chi connectivity index (χ0v) is 11.3. The van der Waals surface area contributed by atoms with Crippen molar-refractivity contribution in [1.29, 1.82) is 0 Å². The first kappa shape index (κ1) is 14.6. The maximum absolute atomic E-state index is 12.0. The average Bonchev–Trinajstić information content (AvgIpc) is 2.40. The number of ether oxygens (including phenoxy) is 2. The van der Waals surface area contributed by atoms with Gasteiger partial charge in [-0.2, -0.15) is 0 Å². The molecule has 0 N–H and O–H groups in total. The molecular weight excluding hydrogens is 289 g/mol. The lowest BCUT2D eigenvalue weighted by Gasteiger charge is -2.09. The van der Waals surface area contributed by atoms with E-state index in [1.807, 2.05) is 24.3 Å². The van der Waals surface area contributed by atoms with Gasteiger partial charge in [-0.3, -0.25) is 0 Å². The predicted octanol–water partition coefficient (Wildman–Crippen LogP) is 4.75. The van der Waals surface area contributed by atoms with Crippen LogP contribution >= 0.6 is 11.8 Å². The van der Waals surface area contributed by atoms with E-state index in [-0.39, 0.29) is 5.75 Å². The molecule has 2 aromatic carbocycles. The highest BCUT2D eigenvalue weighted by Crippen LogP contribution is 2.31. The topological polar surface area (TPSA) is 18.5 Å². The molecule has 0 saturated carbocycles. The van der Waals surface area contributed by atoms with Crippen LogP contribution in [0.5, 0.6) is 11.5 Å². The maximum atomic E-state index is 12.0. The molecule has 0 amide bonds. The van der Waals surface area contributed by atoms with Gasteiger partial charge < -0.3 is 9.47 Å². The molecule has 0 saturated heterocycles. The summed E-state index contributed by atoms with van der Waals surface area (Å²) < 4.78 is 44.9. The molecule has 0 unspecified atom stereocenters. The van der Waals surface area contributed by atoms with Gasteiger partial charge in [0.2, 0.25) is 0 Å². The fraction of sp³-hybridized carbons (Fsp3) is 0.143. The van der Waals surface area contributed by atoms with Crippen LogP contribution in [0, 0.1) is 0 Å². The molecule has 0 aromatic heterocycles. The standard InChI is InChI=1S/C14H11F3O2S/c1-18-10-2-6-12(7-3-10)20-13-8-4-11(5-9-13)19-14(15,16)17/h2-9H,1H3. The number of hydrogen-bond donors (Lipinski definition) is 0. The van der Waals surface area contributed by atoms with E-state index in [2.05, 4.69) is 4.74 Å². The Balaban J connectivity index is 2.02. The van der Waals surface area contributed by atoms with E-state index in [9.17, 15) is 13.2 Å². The molecule has 0 aliphatic carbocycles. The Hall–Kier alpha value is -1.82. The maximum Gasteiger partial charge on any atom is 0.573 e. The summed E-state index contributed by atoms with van der Waals surface area (Å²) in [6.07, 6.45) is -4.66. The smallest absolute Gasteiger partial charge is 0.497 e. The molecule has 0 radical (unpaired) electrons. The lowest BCUT2D eigenvalue weighted by molar-refractivity contribution is -0.274. The van der Waals surface area contributed by atoms with Crippen molar-refractivity contribution in [2.75, 3.05) is 7.11 Å². The third kappa shape index (κ3) is 4.38. The summed E-state index contributed by atoms with van der Waals surface area (Å²) >= 11 is 1.44. The fourth-order valence-corrected chi connectivity index (χ4v) is 2.31. The minimum absolute atomic E-state index is 0.225. The van der Waals surface area contributed by atoms with Crippen LogP contribution in [-0.4, -0.2) is 13.5 Å². The number of benzene rings is 2. The number of alkyl halides is 3. The Bertz CT molecular complexity index is 550. The van der Waals surface area contributed by atoms with Gasteiger partial charge in [0, 0.05) is 9.79 Å². The van der Waals surface area contributed by atoms with Gasteiger partial charge in [-0.1, -0.05) is 11.8 Å². The third-order valence-corrected chi connectivity index (χ3v) is 3.37. The Morgan fingerprint density at radius 3 is 1.65 bits per heavy atom. The van der Waals surface area contributed by atoms with Crippen molar-refractivity contribution in [1.82, 2.24) is 0 Å². The first-order valence-electron chi connectivity index (χ1n) is 5.64. The first-order valence-corrected chi connectivity index (χ1v) is 6.46. The molecule has 0 atom stereocenters. The van der Waals surface area contributed by atoms with Crippen LogP contribution in [0.1, 0.15) is 0 Å². The van der Waals surface area contributed by atoms with Crippen molar-refractivity contribution >= 4 is 11.8 Å². The Labute approximate surface area is 118 Å². The Morgan fingerprint density at radius 1 is 0.800 bits per heavy atom. The number of rotatable bonds is 4. The van der Waals surface area contributed by atoms with Crippen LogP contribution in [0.4, 0.5) is 13.2 Å². The fourth-order valence-electron chi connectivity index (χ4n) is 1.49. The molecule has 0 fully saturated rings. The summed E-state index contributed by atoms with van der Waals surface area (Å²) in [5, 5.41) is 0. The number of methoxy groups -OCH3 is 1. The van der Waals surface area contributed by atoms with Gasteiger partial charge in [0.15, 0.2) is 0 Å². The molecule has 2 rings (SSSR count). The predicted molar refractivity (Wildman–Crippen MR) is 70.2 cm³/mol. The van der Waals surface area contributed by atoms with E-state index in [4.69, 9.17) is 4.74 Å². The molecule has 106 valence electrons. The SMILES string of the molecule is COc1ccc(Sc2ccc(OC(F)(F)F)cc2)cc1. The van der Waals surface area contributed by atoms with Gasteiger partial charge in [-0.05, 0) is 48.5 Å².